The molecule has 0 aliphatic rings. The number of phosphoric ester groups is 1. The van der Waals surface area contributed by atoms with Crippen molar-refractivity contribution >= 4 is 7.82 Å². The fourth-order valence-electron chi connectivity index (χ4n) is 1.77. The molecule has 8 nitrogen and oxygen atoms in total. The summed E-state index contributed by atoms with van der Waals surface area (Å²) in [4.78, 5) is 0. The summed E-state index contributed by atoms with van der Waals surface area (Å²) in [7, 11) is -3.70. The molecule has 0 aromatic heterocycles. The van der Waals surface area contributed by atoms with Gasteiger partial charge in [0.25, 0.3) is 0 Å². The molecule has 0 aromatic rings. The van der Waals surface area contributed by atoms with Crippen LogP contribution in [0.5, 0.6) is 0 Å². The van der Waals surface area contributed by atoms with E-state index in [2.05, 4.69) is 13.8 Å². The maximum Gasteiger partial charge on any atom is 0.475 e. The monoisotopic (exact) mass is 414 g/mol. The quantitative estimate of drug-likeness (QED) is 0.225. The minimum absolute atomic E-state index is 0.0428. The van der Waals surface area contributed by atoms with Crippen LogP contribution in [-0.2, 0) is 32.3 Å². The summed E-state index contributed by atoms with van der Waals surface area (Å²) in [6, 6.07) is 0. The van der Waals surface area contributed by atoms with Crippen molar-refractivity contribution in [2.75, 3.05) is 59.5 Å². The molecule has 0 saturated heterocycles. The van der Waals surface area contributed by atoms with E-state index in [-0.39, 0.29) is 33.0 Å². The number of aliphatic hydroxyl groups excluding tert-OH is 1. The lowest BCUT2D eigenvalue weighted by atomic mass is 10.3. The minimum Gasteiger partial charge on any atom is -0.391 e. The van der Waals surface area contributed by atoms with E-state index in [1.54, 1.807) is 0 Å². The van der Waals surface area contributed by atoms with Crippen LogP contribution in [-0.4, -0.2) is 70.7 Å². The Morgan fingerprint density at radius 2 is 1.15 bits per heavy atom. The third-order valence-corrected chi connectivity index (χ3v) is 4.99. The first-order valence-electron chi connectivity index (χ1n) is 10.0. The highest BCUT2D eigenvalue weighted by molar-refractivity contribution is 7.48. The van der Waals surface area contributed by atoms with Crippen LogP contribution in [0.15, 0.2) is 0 Å². The van der Waals surface area contributed by atoms with Crippen molar-refractivity contribution in [1.29, 1.82) is 0 Å². The van der Waals surface area contributed by atoms with Crippen LogP contribution in [0.2, 0.25) is 0 Å². The van der Waals surface area contributed by atoms with Crippen molar-refractivity contribution in [1.82, 2.24) is 0 Å². The molecule has 9 heteroatoms. The van der Waals surface area contributed by atoms with Gasteiger partial charge in [0.05, 0.1) is 52.4 Å². The Balaban J connectivity index is 4.11. The van der Waals surface area contributed by atoms with Gasteiger partial charge in [0.1, 0.15) is 0 Å². The highest BCUT2D eigenvalue weighted by Gasteiger charge is 2.26. The van der Waals surface area contributed by atoms with Crippen molar-refractivity contribution < 1.29 is 37.5 Å². The van der Waals surface area contributed by atoms with Gasteiger partial charge < -0.3 is 19.3 Å². The Bertz CT molecular complexity index is 336. The lowest BCUT2D eigenvalue weighted by Crippen LogP contribution is -2.16. The fraction of sp³-hybridized carbons (Fsp3) is 1.00. The zero-order valence-corrected chi connectivity index (χ0v) is 18.1. The minimum atomic E-state index is -3.70. The summed E-state index contributed by atoms with van der Waals surface area (Å²) in [5.41, 5.74) is 0. The molecule has 0 aliphatic heterocycles. The smallest absolute Gasteiger partial charge is 0.391 e. The van der Waals surface area contributed by atoms with Crippen LogP contribution in [0.3, 0.4) is 0 Å². The molecule has 1 N–H and O–H groups in total. The molecule has 0 aromatic carbocycles. The van der Waals surface area contributed by atoms with E-state index in [9.17, 15) is 9.67 Å². The fourth-order valence-corrected chi connectivity index (χ4v) is 2.89. The van der Waals surface area contributed by atoms with Crippen molar-refractivity contribution in [3.63, 3.8) is 0 Å². The molecule has 1 atom stereocenters. The Hall–Kier alpha value is -0.0500. The summed E-state index contributed by atoms with van der Waals surface area (Å²) < 4.78 is 44.6. The van der Waals surface area contributed by atoms with E-state index in [0.29, 0.717) is 32.8 Å². The van der Waals surface area contributed by atoms with Gasteiger partial charge in [-0.1, -0.05) is 33.6 Å². The van der Waals surface area contributed by atoms with Crippen molar-refractivity contribution in [2.24, 2.45) is 0 Å². The van der Waals surface area contributed by atoms with Crippen molar-refractivity contribution in [2.45, 2.75) is 59.0 Å². The van der Waals surface area contributed by atoms with Crippen LogP contribution >= 0.6 is 7.82 Å². The standard InChI is InChI=1S/C18H39O8P/c1-4-7-9-21-11-14-24-27(20,25-15-12-22-10-8-5-2)26-16-13-23-17-18(19)6-3/h18-19H,4-17H2,1-3H3. The van der Waals surface area contributed by atoms with Gasteiger partial charge in [-0.05, 0) is 19.3 Å². The molecule has 0 fully saturated rings. The highest BCUT2D eigenvalue weighted by Crippen LogP contribution is 2.49. The summed E-state index contributed by atoms with van der Waals surface area (Å²) in [6.07, 6.45) is 4.15. The topological polar surface area (TPSA) is 92.7 Å². The summed E-state index contributed by atoms with van der Waals surface area (Å²) in [5.74, 6) is 0. The van der Waals surface area contributed by atoms with Crippen LogP contribution in [0.1, 0.15) is 52.9 Å². The van der Waals surface area contributed by atoms with E-state index in [1.165, 1.54) is 0 Å². The van der Waals surface area contributed by atoms with Gasteiger partial charge in [0, 0.05) is 13.2 Å². The summed E-state index contributed by atoms with van der Waals surface area (Å²) >= 11 is 0. The number of aliphatic hydroxyl groups is 1. The van der Waals surface area contributed by atoms with Gasteiger partial charge in [-0.15, -0.1) is 0 Å². The number of phosphoric acid groups is 1. The SMILES string of the molecule is CCCCOCCOP(=O)(OCCOCCCC)OCCOCC(O)CC. The third-order valence-electron chi connectivity index (χ3n) is 3.50. The number of hydrogen-bond donors (Lipinski definition) is 1. The molecular formula is C18H39O8P. The zero-order chi connectivity index (χ0) is 20.2. The highest BCUT2D eigenvalue weighted by atomic mass is 31.2. The number of hydrogen-bond acceptors (Lipinski definition) is 8. The Labute approximate surface area is 164 Å². The first-order valence-corrected chi connectivity index (χ1v) is 11.5. The molecule has 0 radical (unpaired) electrons. The molecule has 0 amide bonds. The second kappa shape index (κ2) is 19.3. The van der Waals surface area contributed by atoms with Crippen LogP contribution in [0.25, 0.3) is 0 Å². The summed E-state index contributed by atoms with van der Waals surface area (Å²) in [5, 5.41) is 9.43. The first kappa shape index (κ1) is 27.0. The van der Waals surface area contributed by atoms with E-state index in [4.69, 9.17) is 27.8 Å². The van der Waals surface area contributed by atoms with E-state index < -0.39 is 13.9 Å². The summed E-state index contributed by atoms with van der Waals surface area (Å²) in [6.45, 7) is 8.64. The van der Waals surface area contributed by atoms with Crippen molar-refractivity contribution in [3.8, 4) is 0 Å². The van der Waals surface area contributed by atoms with Gasteiger partial charge >= 0.3 is 7.82 Å². The average Bonchev–Trinajstić information content (AvgIpc) is 2.67. The third kappa shape index (κ3) is 17.8. The van der Waals surface area contributed by atoms with Gasteiger partial charge in [-0.2, -0.15) is 0 Å². The molecule has 0 rings (SSSR count). The van der Waals surface area contributed by atoms with E-state index >= 15 is 0 Å². The molecule has 0 aliphatic carbocycles. The molecule has 0 spiro atoms. The predicted octanol–water partition coefficient (Wildman–Crippen LogP) is 3.57. The van der Waals surface area contributed by atoms with Gasteiger partial charge in [0.15, 0.2) is 0 Å². The number of ether oxygens (including phenoxy) is 3. The lowest BCUT2D eigenvalue weighted by Gasteiger charge is -2.18. The molecule has 0 heterocycles. The average molecular weight is 414 g/mol. The second-order valence-corrected chi connectivity index (χ2v) is 7.68. The lowest BCUT2D eigenvalue weighted by molar-refractivity contribution is 0.00892. The first-order chi connectivity index (χ1) is 13.1. The number of rotatable bonds is 21. The molecule has 164 valence electrons. The van der Waals surface area contributed by atoms with Gasteiger partial charge in [0.2, 0.25) is 0 Å². The van der Waals surface area contributed by atoms with Gasteiger partial charge in [-0.3, -0.25) is 13.6 Å². The molecular weight excluding hydrogens is 375 g/mol. The van der Waals surface area contributed by atoms with E-state index in [1.807, 2.05) is 6.92 Å². The maximum atomic E-state index is 12.7. The molecule has 0 saturated carbocycles. The predicted molar refractivity (Wildman–Crippen MR) is 104 cm³/mol. The Morgan fingerprint density at radius 1 is 0.704 bits per heavy atom. The largest absolute Gasteiger partial charge is 0.475 e. The molecule has 27 heavy (non-hydrogen) atoms. The Kier molecular flexibility index (Phi) is 19.2. The van der Waals surface area contributed by atoms with Crippen molar-refractivity contribution in [3.05, 3.63) is 0 Å². The van der Waals surface area contributed by atoms with E-state index in [0.717, 1.165) is 25.7 Å². The zero-order valence-electron chi connectivity index (χ0n) is 17.2. The number of unbranched alkanes of at least 4 members (excludes halogenated alkanes) is 2. The Morgan fingerprint density at radius 3 is 1.56 bits per heavy atom. The second-order valence-electron chi connectivity index (χ2n) is 6.02. The van der Waals surface area contributed by atoms with Gasteiger partial charge in [-0.25, -0.2) is 4.57 Å². The molecule has 0 bridgehead atoms. The molecule has 1 unspecified atom stereocenters. The normalized spacial score (nSPS) is 13.2. The van der Waals surface area contributed by atoms with Crippen LogP contribution in [0, 0.1) is 0 Å². The van der Waals surface area contributed by atoms with Crippen LogP contribution in [0.4, 0.5) is 0 Å². The maximum absolute atomic E-state index is 12.7. The van der Waals surface area contributed by atoms with Crippen LogP contribution < -0.4 is 0 Å².